The molecule has 0 heterocycles. The summed E-state index contributed by atoms with van der Waals surface area (Å²) in [5.74, 6) is -0.318. The molecule has 1 aliphatic rings. The summed E-state index contributed by atoms with van der Waals surface area (Å²) in [5.41, 5.74) is 0. The molecule has 1 fully saturated rings. The minimum Gasteiger partial charge on any atom is -0.382 e. The second kappa shape index (κ2) is 7.09. The Morgan fingerprint density at radius 1 is 1.32 bits per heavy atom. The molecule has 2 atom stereocenters. The van der Waals surface area contributed by atoms with Crippen LogP contribution in [-0.4, -0.2) is 41.9 Å². The van der Waals surface area contributed by atoms with E-state index in [1.807, 2.05) is 0 Å². The van der Waals surface area contributed by atoms with Crippen molar-refractivity contribution in [1.29, 1.82) is 0 Å². The number of carbonyl (C=O) groups is 1. The van der Waals surface area contributed by atoms with Gasteiger partial charge in [-0.3, -0.25) is 4.79 Å². The third kappa shape index (κ3) is 5.78. The van der Waals surface area contributed by atoms with Crippen LogP contribution in [0.25, 0.3) is 0 Å². The Kier molecular flexibility index (Phi) is 6.06. The van der Waals surface area contributed by atoms with Crippen LogP contribution in [0, 0.1) is 0 Å². The van der Waals surface area contributed by atoms with Gasteiger partial charge in [0.15, 0.2) is 6.10 Å². The normalized spacial score (nSPS) is 20.9. The molecule has 1 aliphatic carbocycles. The highest BCUT2D eigenvalue weighted by atomic mass is 19.4. The van der Waals surface area contributed by atoms with Gasteiger partial charge in [-0.2, -0.15) is 13.2 Å². The first-order valence-electron chi connectivity index (χ1n) is 6.59. The van der Waals surface area contributed by atoms with Crippen LogP contribution in [0.3, 0.4) is 0 Å². The highest BCUT2D eigenvalue weighted by molar-refractivity contribution is 5.81. The number of hydrogen-bond donors (Lipinski definition) is 3. The lowest BCUT2D eigenvalue weighted by atomic mass is 9.95. The largest absolute Gasteiger partial charge is 0.415 e. The molecule has 19 heavy (non-hydrogen) atoms. The maximum absolute atomic E-state index is 12.1. The second-order valence-corrected chi connectivity index (χ2v) is 5.03. The van der Waals surface area contributed by atoms with E-state index in [0.717, 1.165) is 32.1 Å². The molecule has 1 rings (SSSR count). The van der Waals surface area contributed by atoms with Crippen molar-refractivity contribution in [2.75, 3.05) is 6.54 Å². The van der Waals surface area contributed by atoms with E-state index in [1.54, 1.807) is 0 Å². The van der Waals surface area contributed by atoms with Crippen LogP contribution in [-0.2, 0) is 4.79 Å². The number of halogens is 3. The van der Waals surface area contributed by atoms with E-state index in [0.29, 0.717) is 0 Å². The van der Waals surface area contributed by atoms with Crippen molar-refractivity contribution >= 4 is 5.91 Å². The van der Waals surface area contributed by atoms with Gasteiger partial charge in [0.25, 0.3) is 0 Å². The Labute approximate surface area is 110 Å². The summed E-state index contributed by atoms with van der Waals surface area (Å²) < 4.78 is 36.2. The molecule has 0 saturated heterocycles. The lowest BCUT2D eigenvalue weighted by Gasteiger charge is -2.25. The molecule has 0 aliphatic heterocycles. The van der Waals surface area contributed by atoms with E-state index in [2.05, 4.69) is 10.6 Å². The topological polar surface area (TPSA) is 61.4 Å². The van der Waals surface area contributed by atoms with E-state index in [-0.39, 0.29) is 11.9 Å². The van der Waals surface area contributed by atoms with Crippen LogP contribution in [0.2, 0.25) is 0 Å². The number of nitrogens with one attached hydrogen (secondary N) is 2. The van der Waals surface area contributed by atoms with E-state index in [9.17, 15) is 18.0 Å². The third-order valence-corrected chi connectivity index (χ3v) is 3.34. The van der Waals surface area contributed by atoms with Crippen LogP contribution in [0.1, 0.15) is 39.0 Å². The quantitative estimate of drug-likeness (QED) is 0.713. The van der Waals surface area contributed by atoms with Crippen molar-refractivity contribution in [2.24, 2.45) is 0 Å². The van der Waals surface area contributed by atoms with Gasteiger partial charge in [-0.05, 0) is 19.8 Å². The van der Waals surface area contributed by atoms with Gasteiger partial charge in [-0.1, -0.05) is 19.3 Å². The predicted octanol–water partition coefficient (Wildman–Crippen LogP) is 1.34. The van der Waals surface area contributed by atoms with E-state index >= 15 is 0 Å². The van der Waals surface area contributed by atoms with Gasteiger partial charge in [0, 0.05) is 12.6 Å². The number of hydrogen-bond acceptors (Lipinski definition) is 3. The molecule has 2 unspecified atom stereocenters. The minimum atomic E-state index is -4.66. The van der Waals surface area contributed by atoms with Crippen LogP contribution in [0.4, 0.5) is 13.2 Å². The van der Waals surface area contributed by atoms with Crippen molar-refractivity contribution < 1.29 is 23.1 Å². The first-order chi connectivity index (χ1) is 8.80. The Morgan fingerprint density at radius 3 is 2.42 bits per heavy atom. The molecule has 0 aromatic heterocycles. The monoisotopic (exact) mass is 282 g/mol. The summed E-state index contributed by atoms with van der Waals surface area (Å²) in [6.07, 6.45) is -1.96. The van der Waals surface area contributed by atoms with Gasteiger partial charge < -0.3 is 15.7 Å². The number of amides is 1. The molecule has 112 valence electrons. The lowest BCUT2D eigenvalue weighted by Crippen LogP contribution is -2.50. The Balaban J connectivity index is 2.28. The average Bonchev–Trinajstić information content (AvgIpc) is 2.35. The highest BCUT2D eigenvalue weighted by Crippen LogP contribution is 2.19. The SMILES string of the molecule is CC(NCC(O)C(F)(F)F)C(=O)NC1CCCCC1. The summed E-state index contributed by atoms with van der Waals surface area (Å²) in [5, 5.41) is 14.0. The number of carbonyl (C=O) groups excluding carboxylic acids is 1. The first kappa shape index (κ1) is 16.2. The van der Waals surface area contributed by atoms with E-state index in [1.165, 1.54) is 6.92 Å². The molecule has 0 radical (unpaired) electrons. The zero-order chi connectivity index (χ0) is 14.5. The fraction of sp³-hybridized carbons (Fsp3) is 0.917. The predicted molar refractivity (Wildman–Crippen MR) is 64.5 cm³/mol. The number of aliphatic hydroxyl groups is 1. The summed E-state index contributed by atoms with van der Waals surface area (Å²) in [4.78, 5) is 11.7. The molecule has 7 heteroatoms. The molecular weight excluding hydrogens is 261 g/mol. The molecule has 1 saturated carbocycles. The zero-order valence-corrected chi connectivity index (χ0v) is 11.0. The number of aliphatic hydroxyl groups excluding tert-OH is 1. The number of alkyl halides is 3. The highest BCUT2D eigenvalue weighted by Gasteiger charge is 2.38. The van der Waals surface area contributed by atoms with Crippen molar-refractivity contribution in [3.63, 3.8) is 0 Å². The molecule has 3 N–H and O–H groups in total. The Morgan fingerprint density at radius 2 is 1.89 bits per heavy atom. The standard InChI is InChI=1S/C12H21F3N2O2/c1-8(16-7-10(18)12(13,14)15)11(19)17-9-5-3-2-4-6-9/h8-10,16,18H,2-7H2,1H3,(H,17,19). The smallest absolute Gasteiger partial charge is 0.382 e. The second-order valence-electron chi connectivity index (χ2n) is 5.03. The molecule has 0 spiro atoms. The fourth-order valence-electron chi connectivity index (χ4n) is 2.07. The van der Waals surface area contributed by atoms with Gasteiger partial charge in [-0.25, -0.2) is 0 Å². The van der Waals surface area contributed by atoms with Crippen molar-refractivity contribution in [3.8, 4) is 0 Å². The van der Waals surface area contributed by atoms with Crippen LogP contribution in [0.5, 0.6) is 0 Å². The van der Waals surface area contributed by atoms with E-state index < -0.39 is 24.9 Å². The lowest BCUT2D eigenvalue weighted by molar-refractivity contribution is -0.202. The molecular formula is C12H21F3N2O2. The Hall–Kier alpha value is -0.820. The summed E-state index contributed by atoms with van der Waals surface area (Å²) >= 11 is 0. The molecule has 0 aromatic carbocycles. The third-order valence-electron chi connectivity index (χ3n) is 3.34. The minimum absolute atomic E-state index is 0.123. The van der Waals surface area contributed by atoms with Gasteiger partial charge in [0.05, 0.1) is 6.04 Å². The summed E-state index contributed by atoms with van der Waals surface area (Å²) in [6.45, 7) is 0.810. The summed E-state index contributed by atoms with van der Waals surface area (Å²) in [6, 6.07) is -0.628. The van der Waals surface area contributed by atoms with Gasteiger partial charge >= 0.3 is 6.18 Å². The maximum atomic E-state index is 12.1. The number of rotatable bonds is 5. The van der Waals surface area contributed by atoms with Crippen molar-refractivity contribution in [3.05, 3.63) is 0 Å². The van der Waals surface area contributed by atoms with Gasteiger partial charge in [0.1, 0.15) is 0 Å². The van der Waals surface area contributed by atoms with E-state index in [4.69, 9.17) is 5.11 Å². The first-order valence-corrected chi connectivity index (χ1v) is 6.59. The molecule has 0 aromatic rings. The van der Waals surface area contributed by atoms with Gasteiger partial charge in [0.2, 0.25) is 5.91 Å². The van der Waals surface area contributed by atoms with Crippen LogP contribution < -0.4 is 10.6 Å². The maximum Gasteiger partial charge on any atom is 0.415 e. The summed E-state index contributed by atoms with van der Waals surface area (Å²) in [7, 11) is 0. The van der Waals surface area contributed by atoms with Crippen LogP contribution in [0.15, 0.2) is 0 Å². The van der Waals surface area contributed by atoms with Gasteiger partial charge in [-0.15, -0.1) is 0 Å². The Bertz CT molecular complexity index is 291. The molecule has 4 nitrogen and oxygen atoms in total. The van der Waals surface area contributed by atoms with Crippen LogP contribution >= 0.6 is 0 Å². The fourth-order valence-corrected chi connectivity index (χ4v) is 2.07. The van der Waals surface area contributed by atoms with Crippen molar-refractivity contribution in [2.45, 2.75) is 63.4 Å². The van der Waals surface area contributed by atoms with Crippen molar-refractivity contribution in [1.82, 2.24) is 10.6 Å². The molecule has 0 bridgehead atoms. The zero-order valence-electron chi connectivity index (χ0n) is 11.0. The molecule has 1 amide bonds. The average molecular weight is 282 g/mol.